The van der Waals surface area contributed by atoms with Gasteiger partial charge >= 0.3 is 0 Å². The molecule has 0 radical (unpaired) electrons. The van der Waals surface area contributed by atoms with Gasteiger partial charge in [-0.3, -0.25) is 34.3 Å². The summed E-state index contributed by atoms with van der Waals surface area (Å²) in [5.74, 6) is -1.34. The van der Waals surface area contributed by atoms with Crippen LogP contribution < -0.4 is 20.0 Å². The van der Waals surface area contributed by atoms with Crippen molar-refractivity contribution in [3.8, 4) is 11.3 Å². The summed E-state index contributed by atoms with van der Waals surface area (Å²) in [5.41, 5.74) is 4.66. The van der Waals surface area contributed by atoms with E-state index >= 15 is 4.39 Å². The van der Waals surface area contributed by atoms with Crippen molar-refractivity contribution < 1.29 is 23.6 Å². The first-order chi connectivity index (χ1) is 25.1. The Morgan fingerprint density at radius 2 is 1.65 bits per heavy atom. The van der Waals surface area contributed by atoms with Gasteiger partial charge in [-0.05, 0) is 68.5 Å². The number of carbonyl (C=O) groups excluding carboxylic acids is 4. The van der Waals surface area contributed by atoms with E-state index in [-0.39, 0.29) is 18.7 Å². The fourth-order valence-corrected chi connectivity index (χ4v) is 7.88. The van der Waals surface area contributed by atoms with E-state index in [0.29, 0.717) is 34.1 Å². The van der Waals surface area contributed by atoms with Crippen LogP contribution in [0.4, 0.5) is 21.6 Å². The number of amides is 4. The van der Waals surface area contributed by atoms with E-state index in [4.69, 9.17) is 4.98 Å². The number of hydrogen-bond donors (Lipinski definition) is 1. The van der Waals surface area contributed by atoms with Crippen LogP contribution in [-0.2, 0) is 9.59 Å². The van der Waals surface area contributed by atoms with Crippen LogP contribution in [0.25, 0.3) is 16.9 Å². The normalized spacial score (nSPS) is 20.2. The van der Waals surface area contributed by atoms with Crippen molar-refractivity contribution in [3.63, 3.8) is 0 Å². The number of halogens is 1. The van der Waals surface area contributed by atoms with Crippen molar-refractivity contribution in [3.05, 3.63) is 71.9 Å². The quantitative estimate of drug-likeness (QED) is 0.273. The van der Waals surface area contributed by atoms with Gasteiger partial charge in [-0.2, -0.15) is 0 Å². The van der Waals surface area contributed by atoms with Gasteiger partial charge in [0.15, 0.2) is 11.6 Å². The van der Waals surface area contributed by atoms with E-state index < -0.39 is 29.7 Å². The first kappa shape index (κ1) is 33.8. The number of imide groups is 2. The summed E-state index contributed by atoms with van der Waals surface area (Å²) in [5, 5.41) is 2.24. The Labute approximate surface area is 301 Å². The third-order valence-electron chi connectivity index (χ3n) is 11.0. The summed E-state index contributed by atoms with van der Waals surface area (Å²) in [6.07, 6.45) is 8.85. The molecule has 52 heavy (non-hydrogen) atoms. The van der Waals surface area contributed by atoms with Gasteiger partial charge in [0.05, 0.1) is 16.8 Å². The Kier molecular flexibility index (Phi) is 8.85. The molecule has 8 rings (SSSR count). The maximum Gasteiger partial charge on any atom is 0.262 e. The zero-order chi connectivity index (χ0) is 36.1. The molecule has 0 saturated carbocycles. The molecule has 4 amide bonds. The molecule has 0 bridgehead atoms. The minimum atomic E-state index is -0.971. The Hall–Kier alpha value is -5.37. The predicted molar refractivity (Wildman–Crippen MR) is 194 cm³/mol. The van der Waals surface area contributed by atoms with Crippen molar-refractivity contribution in [1.29, 1.82) is 0 Å². The monoisotopic (exact) mass is 707 g/mol. The van der Waals surface area contributed by atoms with E-state index in [1.165, 1.54) is 0 Å². The smallest absolute Gasteiger partial charge is 0.262 e. The number of anilines is 3. The van der Waals surface area contributed by atoms with E-state index in [1.54, 1.807) is 24.4 Å². The largest absolute Gasteiger partial charge is 0.378 e. The molecule has 14 heteroatoms. The summed E-state index contributed by atoms with van der Waals surface area (Å²) in [4.78, 5) is 69.4. The minimum Gasteiger partial charge on any atom is -0.378 e. The molecular weight excluding hydrogens is 665 g/mol. The highest BCUT2D eigenvalue weighted by atomic mass is 19.1. The van der Waals surface area contributed by atoms with Gasteiger partial charge in [-0.25, -0.2) is 14.4 Å². The lowest BCUT2D eigenvalue weighted by molar-refractivity contribution is -0.136. The second-order valence-corrected chi connectivity index (χ2v) is 14.4. The average Bonchev–Trinajstić information content (AvgIpc) is 3.69. The summed E-state index contributed by atoms with van der Waals surface area (Å²) in [7, 11) is 3.97. The van der Waals surface area contributed by atoms with Gasteiger partial charge in [0.2, 0.25) is 11.8 Å². The molecule has 1 atom stereocenters. The van der Waals surface area contributed by atoms with Crippen LogP contribution in [0.15, 0.2) is 55.0 Å². The Morgan fingerprint density at radius 3 is 2.38 bits per heavy atom. The fraction of sp³-hybridized carbons (Fsp3) is 0.421. The number of imidazole rings is 1. The summed E-state index contributed by atoms with van der Waals surface area (Å²) in [6, 6.07) is 9.88. The number of benzene rings is 1. The van der Waals surface area contributed by atoms with Crippen LogP contribution in [0.2, 0.25) is 0 Å². The van der Waals surface area contributed by atoms with Gasteiger partial charge < -0.3 is 19.1 Å². The number of carbonyl (C=O) groups is 4. The predicted octanol–water partition coefficient (Wildman–Crippen LogP) is 3.43. The van der Waals surface area contributed by atoms with Gasteiger partial charge in [-0.15, -0.1) is 0 Å². The highest BCUT2D eigenvalue weighted by Crippen LogP contribution is 2.32. The summed E-state index contributed by atoms with van der Waals surface area (Å²) < 4.78 is 17.3. The maximum absolute atomic E-state index is 15.4. The average molecular weight is 708 g/mol. The van der Waals surface area contributed by atoms with Crippen LogP contribution in [0.1, 0.15) is 52.8 Å². The second-order valence-electron chi connectivity index (χ2n) is 14.4. The number of piperazine rings is 1. The molecule has 7 heterocycles. The van der Waals surface area contributed by atoms with Crippen molar-refractivity contribution in [2.45, 2.75) is 38.1 Å². The number of hydrogen-bond acceptors (Lipinski definition) is 10. The lowest BCUT2D eigenvalue weighted by Crippen LogP contribution is -2.54. The highest BCUT2D eigenvalue weighted by molar-refractivity contribution is 6.23. The van der Waals surface area contributed by atoms with Crippen LogP contribution >= 0.6 is 0 Å². The van der Waals surface area contributed by atoms with Crippen LogP contribution in [0.5, 0.6) is 0 Å². The molecule has 4 aromatic rings. The first-order valence-electron chi connectivity index (χ1n) is 18.0. The molecule has 4 aliphatic rings. The molecular formula is C38H42FN9O4. The van der Waals surface area contributed by atoms with Gasteiger partial charge in [0.1, 0.15) is 11.7 Å². The molecule has 0 spiro atoms. The summed E-state index contributed by atoms with van der Waals surface area (Å²) in [6.45, 7) is 5.89. The Bertz CT molecular complexity index is 2070. The number of nitrogens with zero attached hydrogens (tertiary/aromatic N) is 8. The Balaban J connectivity index is 0.810. The topological polar surface area (TPSA) is 127 Å². The number of piperidine rings is 2. The van der Waals surface area contributed by atoms with E-state index in [2.05, 4.69) is 25.0 Å². The minimum absolute atomic E-state index is 0.0925. The first-order valence-corrected chi connectivity index (χ1v) is 18.0. The summed E-state index contributed by atoms with van der Waals surface area (Å²) >= 11 is 0. The standard InChI is InChI=1S/C38H42FN9O4/c1-43(2)26-10-14-47-23-31(41-33(47)21-26)25-19-30(39)35(40-22-25)46-12-8-24(9-13-46)7-11-44-15-17-45(18-16-44)27-3-4-28-29(20-27)38(52)48(37(28)51)32-5-6-34(49)42-36(32)50/h3-4,10,14,19-24,32H,5-9,11-13,15-18H2,1-2H3,(H,42,49,50). The van der Waals surface area contributed by atoms with Crippen molar-refractivity contribution in [1.82, 2.24) is 29.5 Å². The molecule has 4 aliphatic heterocycles. The SMILES string of the molecule is CN(C)c1ccn2cc(-c3cnc(N4CCC(CCN5CCN(c6ccc7c(c6)C(=O)N(C6CCC(=O)NC6=O)C7=O)CC5)CC4)c(F)c3)nc2c1. The van der Waals surface area contributed by atoms with Crippen LogP contribution in [0.3, 0.4) is 0 Å². The number of nitrogens with one attached hydrogen (secondary N) is 1. The van der Waals surface area contributed by atoms with Crippen LogP contribution in [-0.4, -0.2) is 114 Å². The molecule has 13 nitrogen and oxygen atoms in total. The number of fused-ring (bicyclic) bond motifs is 2. The number of pyridine rings is 2. The molecule has 3 saturated heterocycles. The van der Waals surface area contributed by atoms with E-state index in [1.807, 2.05) is 54.0 Å². The van der Waals surface area contributed by atoms with Crippen molar-refractivity contribution >= 4 is 46.5 Å². The second kappa shape index (κ2) is 13.6. The van der Waals surface area contributed by atoms with Crippen LogP contribution in [0, 0.1) is 11.7 Å². The number of rotatable bonds is 8. The molecule has 0 aliphatic carbocycles. The molecule has 1 unspecified atom stereocenters. The molecule has 1 aromatic carbocycles. The lowest BCUT2D eigenvalue weighted by Gasteiger charge is -2.38. The zero-order valence-corrected chi connectivity index (χ0v) is 29.4. The zero-order valence-electron chi connectivity index (χ0n) is 29.4. The van der Waals surface area contributed by atoms with E-state index in [0.717, 1.165) is 87.0 Å². The highest BCUT2D eigenvalue weighted by Gasteiger charge is 2.44. The van der Waals surface area contributed by atoms with E-state index in [9.17, 15) is 19.2 Å². The van der Waals surface area contributed by atoms with Gasteiger partial charge in [0, 0.05) is 101 Å². The van der Waals surface area contributed by atoms with Crippen molar-refractivity contribution in [2.75, 3.05) is 74.6 Å². The van der Waals surface area contributed by atoms with Crippen molar-refractivity contribution in [2.24, 2.45) is 5.92 Å². The lowest BCUT2D eigenvalue weighted by atomic mass is 9.93. The molecule has 1 N–H and O–H groups in total. The Morgan fingerprint density at radius 1 is 0.885 bits per heavy atom. The maximum atomic E-state index is 15.4. The fourth-order valence-electron chi connectivity index (χ4n) is 7.88. The number of aromatic nitrogens is 3. The molecule has 3 fully saturated rings. The third kappa shape index (κ3) is 6.35. The third-order valence-corrected chi connectivity index (χ3v) is 11.0. The molecule has 3 aromatic heterocycles. The van der Waals surface area contributed by atoms with Gasteiger partial charge in [-0.1, -0.05) is 0 Å². The van der Waals surface area contributed by atoms with Gasteiger partial charge in [0.25, 0.3) is 11.8 Å². The molecule has 270 valence electrons.